The SMILES string of the molecule is CCCC[C@H](CC)CNS(=O)(=O)c1c(C)cc(C)cc1C. The molecule has 0 aliphatic carbocycles. The molecule has 0 aliphatic heterocycles. The summed E-state index contributed by atoms with van der Waals surface area (Å²) in [6.45, 7) is 10.5. The zero-order valence-corrected chi connectivity index (χ0v) is 14.8. The van der Waals surface area contributed by atoms with E-state index in [0.717, 1.165) is 42.4 Å². The maximum absolute atomic E-state index is 12.6. The largest absolute Gasteiger partial charge is 0.241 e. The minimum absolute atomic E-state index is 0.422. The number of rotatable bonds is 8. The van der Waals surface area contributed by atoms with Gasteiger partial charge in [0, 0.05) is 6.54 Å². The number of hydrogen-bond donors (Lipinski definition) is 1. The second-order valence-corrected chi connectivity index (χ2v) is 7.70. The Morgan fingerprint density at radius 1 is 1.10 bits per heavy atom. The number of nitrogens with one attached hydrogen (secondary N) is 1. The summed E-state index contributed by atoms with van der Waals surface area (Å²) < 4.78 is 27.9. The Labute approximate surface area is 130 Å². The fourth-order valence-corrected chi connectivity index (χ4v) is 4.40. The van der Waals surface area contributed by atoms with Gasteiger partial charge in [0.05, 0.1) is 4.90 Å². The van der Waals surface area contributed by atoms with E-state index in [2.05, 4.69) is 18.6 Å². The van der Waals surface area contributed by atoms with Crippen LogP contribution in [0.15, 0.2) is 17.0 Å². The summed E-state index contributed by atoms with van der Waals surface area (Å²) >= 11 is 0. The minimum atomic E-state index is -3.42. The Hall–Kier alpha value is -0.870. The van der Waals surface area contributed by atoms with E-state index in [1.165, 1.54) is 0 Å². The number of aryl methyl sites for hydroxylation is 3. The molecule has 0 amide bonds. The van der Waals surface area contributed by atoms with Gasteiger partial charge in [0.2, 0.25) is 10.0 Å². The highest BCUT2D eigenvalue weighted by Gasteiger charge is 2.20. The minimum Gasteiger partial charge on any atom is -0.211 e. The van der Waals surface area contributed by atoms with E-state index < -0.39 is 10.0 Å². The van der Waals surface area contributed by atoms with Crippen LogP contribution in [0.3, 0.4) is 0 Å². The van der Waals surface area contributed by atoms with Crippen LogP contribution in [-0.2, 0) is 10.0 Å². The van der Waals surface area contributed by atoms with Crippen LogP contribution in [-0.4, -0.2) is 15.0 Å². The van der Waals surface area contributed by atoms with Gasteiger partial charge in [-0.15, -0.1) is 0 Å². The molecular formula is C17H29NO2S. The molecule has 0 fully saturated rings. The maximum atomic E-state index is 12.6. The van der Waals surface area contributed by atoms with E-state index in [9.17, 15) is 8.42 Å². The smallest absolute Gasteiger partial charge is 0.211 e. The Morgan fingerprint density at radius 2 is 1.67 bits per heavy atom. The van der Waals surface area contributed by atoms with Crippen LogP contribution in [0.4, 0.5) is 0 Å². The van der Waals surface area contributed by atoms with Crippen molar-refractivity contribution in [1.82, 2.24) is 4.72 Å². The topological polar surface area (TPSA) is 46.2 Å². The zero-order valence-electron chi connectivity index (χ0n) is 14.0. The van der Waals surface area contributed by atoms with Gasteiger partial charge in [-0.25, -0.2) is 13.1 Å². The molecule has 120 valence electrons. The van der Waals surface area contributed by atoms with E-state index in [0.29, 0.717) is 17.4 Å². The van der Waals surface area contributed by atoms with Gasteiger partial charge in [-0.1, -0.05) is 50.8 Å². The average molecular weight is 311 g/mol. The van der Waals surface area contributed by atoms with Gasteiger partial charge in [-0.05, 0) is 44.2 Å². The van der Waals surface area contributed by atoms with Crippen LogP contribution in [0.5, 0.6) is 0 Å². The molecule has 0 heterocycles. The number of hydrogen-bond acceptors (Lipinski definition) is 2. The first-order valence-corrected chi connectivity index (χ1v) is 9.37. The molecule has 1 atom stereocenters. The Morgan fingerprint density at radius 3 is 2.14 bits per heavy atom. The van der Waals surface area contributed by atoms with Crippen LogP contribution in [0.2, 0.25) is 0 Å². The molecule has 1 N–H and O–H groups in total. The summed E-state index contributed by atoms with van der Waals surface area (Å²) in [6.07, 6.45) is 4.40. The molecule has 0 aromatic heterocycles. The van der Waals surface area contributed by atoms with Crippen molar-refractivity contribution in [1.29, 1.82) is 0 Å². The summed E-state index contributed by atoms with van der Waals surface area (Å²) in [7, 11) is -3.42. The molecule has 0 spiro atoms. The van der Waals surface area contributed by atoms with Gasteiger partial charge in [-0.3, -0.25) is 0 Å². The summed E-state index contributed by atoms with van der Waals surface area (Å²) in [6, 6.07) is 3.85. The third-order valence-corrected chi connectivity index (χ3v) is 5.71. The normalized spacial score (nSPS) is 13.4. The van der Waals surface area contributed by atoms with Crippen molar-refractivity contribution < 1.29 is 8.42 Å². The fraction of sp³-hybridized carbons (Fsp3) is 0.647. The number of unbranched alkanes of at least 4 members (excludes halogenated alkanes) is 1. The highest BCUT2D eigenvalue weighted by atomic mass is 32.2. The molecule has 1 rings (SSSR count). The van der Waals surface area contributed by atoms with Crippen LogP contribution in [0.1, 0.15) is 56.2 Å². The second-order valence-electron chi connectivity index (χ2n) is 6.00. The molecule has 0 saturated carbocycles. The summed E-state index contributed by atoms with van der Waals surface area (Å²) in [4.78, 5) is 0.443. The van der Waals surface area contributed by atoms with E-state index in [1.54, 1.807) is 0 Å². The maximum Gasteiger partial charge on any atom is 0.241 e. The summed E-state index contributed by atoms with van der Waals surface area (Å²) in [5.41, 5.74) is 2.74. The number of benzene rings is 1. The molecule has 1 aromatic rings. The Kier molecular flexibility index (Phi) is 6.88. The molecule has 0 radical (unpaired) electrons. The molecule has 0 aliphatic rings. The lowest BCUT2D eigenvalue weighted by molar-refractivity contribution is 0.443. The van der Waals surface area contributed by atoms with Crippen molar-refractivity contribution in [3.05, 3.63) is 28.8 Å². The van der Waals surface area contributed by atoms with E-state index in [-0.39, 0.29) is 0 Å². The molecule has 21 heavy (non-hydrogen) atoms. The van der Waals surface area contributed by atoms with Crippen LogP contribution in [0, 0.1) is 26.7 Å². The van der Waals surface area contributed by atoms with E-state index >= 15 is 0 Å². The van der Waals surface area contributed by atoms with E-state index in [1.807, 2.05) is 32.9 Å². The Bertz CT molecular complexity index is 541. The monoisotopic (exact) mass is 311 g/mol. The molecule has 0 bridgehead atoms. The van der Waals surface area contributed by atoms with Crippen molar-refractivity contribution in [2.45, 2.75) is 65.2 Å². The molecule has 0 unspecified atom stereocenters. The van der Waals surface area contributed by atoms with Crippen molar-refractivity contribution in [2.75, 3.05) is 6.54 Å². The van der Waals surface area contributed by atoms with E-state index in [4.69, 9.17) is 0 Å². The second kappa shape index (κ2) is 7.95. The molecular weight excluding hydrogens is 282 g/mol. The lowest BCUT2D eigenvalue weighted by Crippen LogP contribution is -2.30. The molecule has 1 aromatic carbocycles. The standard InChI is InChI=1S/C17H29NO2S/c1-6-8-9-16(7-2)12-18-21(19,20)17-14(4)10-13(3)11-15(17)5/h10-11,16,18H,6-9,12H2,1-5H3/t16-/m0/s1. The third-order valence-electron chi connectivity index (χ3n) is 3.98. The highest BCUT2D eigenvalue weighted by Crippen LogP contribution is 2.22. The van der Waals surface area contributed by atoms with Crippen molar-refractivity contribution in [3.8, 4) is 0 Å². The number of sulfonamides is 1. The summed E-state index contributed by atoms with van der Waals surface area (Å²) in [5, 5.41) is 0. The Balaban J connectivity index is 2.87. The quantitative estimate of drug-likeness (QED) is 0.785. The highest BCUT2D eigenvalue weighted by molar-refractivity contribution is 7.89. The lowest BCUT2D eigenvalue weighted by atomic mass is 10.00. The first-order chi connectivity index (χ1) is 9.81. The molecule has 0 saturated heterocycles. The first-order valence-electron chi connectivity index (χ1n) is 7.89. The van der Waals surface area contributed by atoms with Crippen molar-refractivity contribution in [3.63, 3.8) is 0 Å². The molecule has 4 heteroatoms. The van der Waals surface area contributed by atoms with Crippen LogP contribution < -0.4 is 4.72 Å². The predicted molar refractivity (Wildman–Crippen MR) is 89.1 cm³/mol. The predicted octanol–water partition coefficient (Wildman–Crippen LogP) is 4.11. The van der Waals surface area contributed by atoms with Gasteiger partial charge >= 0.3 is 0 Å². The third kappa shape index (κ3) is 5.11. The van der Waals surface area contributed by atoms with Crippen molar-refractivity contribution in [2.24, 2.45) is 5.92 Å². The van der Waals surface area contributed by atoms with Gasteiger partial charge in [-0.2, -0.15) is 0 Å². The zero-order chi connectivity index (χ0) is 16.0. The van der Waals surface area contributed by atoms with Gasteiger partial charge in [0.25, 0.3) is 0 Å². The molecule has 3 nitrogen and oxygen atoms in total. The van der Waals surface area contributed by atoms with Gasteiger partial charge < -0.3 is 0 Å². The van der Waals surface area contributed by atoms with Crippen LogP contribution in [0.25, 0.3) is 0 Å². The van der Waals surface area contributed by atoms with Crippen LogP contribution >= 0.6 is 0 Å². The van der Waals surface area contributed by atoms with Crippen molar-refractivity contribution >= 4 is 10.0 Å². The average Bonchev–Trinajstić information content (AvgIpc) is 2.37. The summed E-state index contributed by atoms with van der Waals surface area (Å²) in [5.74, 6) is 0.422. The first kappa shape index (κ1) is 18.2. The van der Waals surface area contributed by atoms with Gasteiger partial charge in [0.15, 0.2) is 0 Å². The lowest BCUT2D eigenvalue weighted by Gasteiger charge is -2.17. The van der Waals surface area contributed by atoms with Gasteiger partial charge in [0.1, 0.15) is 0 Å². The fourth-order valence-electron chi connectivity index (χ4n) is 2.83.